The van der Waals surface area contributed by atoms with Crippen LogP contribution in [0.1, 0.15) is 18.9 Å². The van der Waals surface area contributed by atoms with Gasteiger partial charge in [-0.1, -0.05) is 0 Å². The number of nitrogens with zero attached hydrogens (tertiary/aromatic N) is 1. The van der Waals surface area contributed by atoms with Crippen molar-refractivity contribution in [2.75, 3.05) is 34.4 Å². The summed E-state index contributed by atoms with van der Waals surface area (Å²) in [5.41, 5.74) is 7.07. The van der Waals surface area contributed by atoms with Crippen molar-refractivity contribution in [3.05, 3.63) is 17.7 Å². The first-order chi connectivity index (χ1) is 10.1. The molecule has 1 aromatic carbocycles. The standard InChI is InChI=1S/C16H26N2O3/c1-11(17)12-5-6-18(9-12)10-14-15(20-3)7-13(19-2)8-16(14)21-4/h7-8,11-12H,5-6,9-10,17H2,1-4H3. The lowest BCUT2D eigenvalue weighted by Crippen LogP contribution is -2.29. The summed E-state index contributed by atoms with van der Waals surface area (Å²) in [7, 11) is 4.99. The van der Waals surface area contributed by atoms with E-state index in [1.54, 1.807) is 21.3 Å². The highest BCUT2D eigenvalue weighted by Gasteiger charge is 2.27. The molecule has 118 valence electrons. The monoisotopic (exact) mass is 294 g/mol. The number of nitrogens with two attached hydrogens (primary N) is 1. The molecule has 0 aliphatic carbocycles. The third-order valence-electron chi connectivity index (χ3n) is 4.25. The molecule has 0 spiro atoms. The van der Waals surface area contributed by atoms with Crippen LogP contribution in [-0.4, -0.2) is 45.4 Å². The van der Waals surface area contributed by atoms with Crippen LogP contribution in [0.4, 0.5) is 0 Å². The van der Waals surface area contributed by atoms with E-state index in [0.29, 0.717) is 5.92 Å². The maximum Gasteiger partial charge on any atom is 0.130 e. The zero-order valence-electron chi connectivity index (χ0n) is 13.4. The predicted molar refractivity (Wildman–Crippen MR) is 83.1 cm³/mol. The molecule has 0 radical (unpaired) electrons. The summed E-state index contributed by atoms with van der Waals surface area (Å²) in [4.78, 5) is 2.40. The van der Waals surface area contributed by atoms with Crippen LogP contribution in [0.2, 0.25) is 0 Å². The van der Waals surface area contributed by atoms with Crippen molar-refractivity contribution >= 4 is 0 Å². The third kappa shape index (κ3) is 3.60. The fourth-order valence-electron chi connectivity index (χ4n) is 2.89. The summed E-state index contributed by atoms with van der Waals surface area (Å²) in [5.74, 6) is 2.91. The molecular formula is C16H26N2O3. The van der Waals surface area contributed by atoms with Gasteiger partial charge in [-0.25, -0.2) is 0 Å². The van der Waals surface area contributed by atoms with Crippen LogP contribution in [-0.2, 0) is 6.54 Å². The number of benzene rings is 1. The van der Waals surface area contributed by atoms with Gasteiger partial charge in [0.2, 0.25) is 0 Å². The molecule has 2 unspecified atom stereocenters. The molecule has 5 nitrogen and oxygen atoms in total. The lowest BCUT2D eigenvalue weighted by atomic mass is 10.0. The Morgan fingerprint density at radius 2 is 1.81 bits per heavy atom. The van der Waals surface area contributed by atoms with Crippen LogP contribution in [0.5, 0.6) is 17.2 Å². The van der Waals surface area contributed by atoms with Crippen molar-refractivity contribution in [3.8, 4) is 17.2 Å². The number of hydrogen-bond donors (Lipinski definition) is 1. The first-order valence-corrected chi connectivity index (χ1v) is 7.35. The van der Waals surface area contributed by atoms with Gasteiger partial charge in [-0.15, -0.1) is 0 Å². The van der Waals surface area contributed by atoms with Crippen LogP contribution < -0.4 is 19.9 Å². The first kappa shape index (κ1) is 15.9. The second-order valence-electron chi connectivity index (χ2n) is 5.65. The smallest absolute Gasteiger partial charge is 0.130 e. The highest BCUT2D eigenvalue weighted by atomic mass is 16.5. The predicted octanol–water partition coefficient (Wildman–Crippen LogP) is 1.88. The zero-order chi connectivity index (χ0) is 15.4. The SMILES string of the molecule is COc1cc(OC)c(CN2CCC(C(C)N)C2)c(OC)c1. The van der Waals surface area contributed by atoms with Gasteiger partial charge in [0.15, 0.2) is 0 Å². The van der Waals surface area contributed by atoms with Gasteiger partial charge in [-0.3, -0.25) is 4.90 Å². The van der Waals surface area contributed by atoms with Gasteiger partial charge in [0.05, 0.1) is 26.9 Å². The van der Waals surface area contributed by atoms with E-state index in [1.165, 1.54) is 0 Å². The highest BCUT2D eigenvalue weighted by molar-refractivity contribution is 5.50. The minimum Gasteiger partial charge on any atom is -0.496 e. The molecular weight excluding hydrogens is 268 g/mol. The summed E-state index contributed by atoms with van der Waals surface area (Å²) < 4.78 is 16.3. The number of likely N-dealkylation sites (tertiary alicyclic amines) is 1. The lowest BCUT2D eigenvalue weighted by molar-refractivity contribution is 0.291. The molecule has 0 saturated carbocycles. The van der Waals surface area contributed by atoms with Gasteiger partial charge in [-0.2, -0.15) is 0 Å². The summed E-state index contributed by atoms with van der Waals surface area (Å²) in [6.45, 7) is 4.98. The molecule has 21 heavy (non-hydrogen) atoms. The molecule has 2 atom stereocenters. The number of methoxy groups -OCH3 is 3. The van der Waals surface area contributed by atoms with Crippen LogP contribution in [0.15, 0.2) is 12.1 Å². The van der Waals surface area contributed by atoms with Crippen LogP contribution in [0.3, 0.4) is 0 Å². The molecule has 1 aliphatic heterocycles. The van der Waals surface area contributed by atoms with E-state index in [9.17, 15) is 0 Å². The van der Waals surface area contributed by atoms with Crippen molar-refractivity contribution in [1.82, 2.24) is 4.90 Å². The molecule has 0 aromatic heterocycles. The number of hydrogen-bond acceptors (Lipinski definition) is 5. The Morgan fingerprint density at radius 1 is 1.19 bits per heavy atom. The van der Waals surface area contributed by atoms with Crippen LogP contribution in [0, 0.1) is 5.92 Å². The average molecular weight is 294 g/mol. The second-order valence-corrected chi connectivity index (χ2v) is 5.65. The third-order valence-corrected chi connectivity index (χ3v) is 4.25. The fraction of sp³-hybridized carbons (Fsp3) is 0.625. The molecule has 2 rings (SSSR count). The zero-order valence-corrected chi connectivity index (χ0v) is 13.4. The fourth-order valence-corrected chi connectivity index (χ4v) is 2.89. The van der Waals surface area contributed by atoms with Crippen molar-refractivity contribution in [3.63, 3.8) is 0 Å². The molecule has 1 fully saturated rings. The molecule has 5 heteroatoms. The van der Waals surface area contributed by atoms with Crippen molar-refractivity contribution < 1.29 is 14.2 Å². The van der Waals surface area contributed by atoms with Gasteiger partial charge < -0.3 is 19.9 Å². The Labute approximate surface area is 127 Å². The largest absolute Gasteiger partial charge is 0.496 e. The van der Waals surface area contributed by atoms with Gasteiger partial charge in [0.25, 0.3) is 0 Å². The Morgan fingerprint density at radius 3 is 2.24 bits per heavy atom. The molecule has 1 aromatic rings. The van der Waals surface area contributed by atoms with Crippen molar-refractivity contribution in [2.24, 2.45) is 11.7 Å². The summed E-state index contributed by atoms with van der Waals surface area (Å²) in [6.07, 6.45) is 1.15. The molecule has 0 amide bonds. The van der Waals surface area contributed by atoms with Crippen LogP contribution in [0.25, 0.3) is 0 Å². The van der Waals surface area contributed by atoms with E-state index in [-0.39, 0.29) is 6.04 Å². The maximum absolute atomic E-state index is 6.01. The van der Waals surface area contributed by atoms with Crippen LogP contribution >= 0.6 is 0 Å². The van der Waals surface area contributed by atoms with Gasteiger partial charge in [-0.05, 0) is 25.8 Å². The van der Waals surface area contributed by atoms with E-state index in [2.05, 4.69) is 11.8 Å². The van der Waals surface area contributed by atoms with E-state index in [4.69, 9.17) is 19.9 Å². The topological polar surface area (TPSA) is 57.0 Å². The first-order valence-electron chi connectivity index (χ1n) is 7.35. The molecule has 0 bridgehead atoms. The van der Waals surface area contributed by atoms with E-state index in [0.717, 1.165) is 48.9 Å². The maximum atomic E-state index is 6.01. The van der Waals surface area contributed by atoms with Crippen molar-refractivity contribution in [1.29, 1.82) is 0 Å². The average Bonchev–Trinajstić information content (AvgIpc) is 2.96. The van der Waals surface area contributed by atoms with Gasteiger partial charge in [0, 0.05) is 31.3 Å². The second kappa shape index (κ2) is 7.00. The summed E-state index contributed by atoms with van der Waals surface area (Å²) >= 11 is 0. The Balaban J connectivity index is 2.19. The van der Waals surface area contributed by atoms with Gasteiger partial charge >= 0.3 is 0 Å². The quantitative estimate of drug-likeness (QED) is 0.868. The van der Waals surface area contributed by atoms with E-state index >= 15 is 0 Å². The molecule has 1 saturated heterocycles. The molecule has 1 heterocycles. The van der Waals surface area contributed by atoms with Gasteiger partial charge in [0.1, 0.15) is 17.2 Å². The summed E-state index contributed by atoms with van der Waals surface area (Å²) in [5, 5.41) is 0. The van der Waals surface area contributed by atoms with E-state index < -0.39 is 0 Å². The molecule has 2 N–H and O–H groups in total. The Bertz CT molecular complexity index is 452. The van der Waals surface area contributed by atoms with E-state index in [1.807, 2.05) is 12.1 Å². The minimum absolute atomic E-state index is 0.245. The minimum atomic E-state index is 0.245. The normalized spacial score (nSPS) is 20.3. The highest BCUT2D eigenvalue weighted by Crippen LogP contribution is 2.36. The Hall–Kier alpha value is -1.46. The Kier molecular flexibility index (Phi) is 5.31. The van der Waals surface area contributed by atoms with Crippen molar-refractivity contribution in [2.45, 2.75) is 25.9 Å². The number of ether oxygens (including phenoxy) is 3. The molecule has 1 aliphatic rings. The number of rotatable bonds is 6. The summed E-state index contributed by atoms with van der Waals surface area (Å²) in [6, 6.07) is 4.04. The lowest BCUT2D eigenvalue weighted by Gasteiger charge is -2.21.